The number of nitrogens with zero attached hydrogens (tertiary/aromatic N) is 4. The van der Waals surface area contributed by atoms with Crippen molar-refractivity contribution in [1.29, 1.82) is 0 Å². The van der Waals surface area contributed by atoms with Gasteiger partial charge in [-0.05, 0) is 55.6 Å². The number of thiophene rings is 1. The molecular weight excluding hydrogens is 407 g/mol. The molecule has 7 nitrogen and oxygen atoms in total. The lowest BCUT2D eigenvalue weighted by atomic mass is 10.2. The van der Waals surface area contributed by atoms with E-state index in [1.54, 1.807) is 22.9 Å². The fraction of sp³-hybridized carbons (Fsp3) is 0.143. The van der Waals surface area contributed by atoms with Gasteiger partial charge in [-0.1, -0.05) is 5.16 Å². The number of aromatic nitrogens is 4. The maximum Gasteiger partial charge on any atom is 0.331 e. The van der Waals surface area contributed by atoms with E-state index in [2.05, 4.69) is 15.2 Å². The minimum absolute atomic E-state index is 0.118. The largest absolute Gasteiger partial charge is 0.452 e. The van der Waals surface area contributed by atoms with Gasteiger partial charge in [-0.25, -0.2) is 13.9 Å². The van der Waals surface area contributed by atoms with Crippen LogP contribution in [0.4, 0.5) is 4.39 Å². The van der Waals surface area contributed by atoms with Gasteiger partial charge in [0.1, 0.15) is 5.82 Å². The second-order valence-corrected chi connectivity index (χ2v) is 7.22. The molecule has 3 heterocycles. The third kappa shape index (κ3) is 4.20. The Kier molecular flexibility index (Phi) is 5.53. The van der Waals surface area contributed by atoms with Crippen LogP contribution in [0.25, 0.3) is 23.2 Å². The SMILES string of the molecule is Cc1nn(-c2ccc(F)cc2)c(C)c1/C=C/C(=O)OCc1nc(-c2ccsc2)no1. The molecule has 152 valence electrons. The monoisotopic (exact) mass is 424 g/mol. The number of carbonyl (C=O) groups is 1. The fourth-order valence-electron chi connectivity index (χ4n) is 2.88. The maximum absolute atomic E-state index is 13.2. The molecule has 0 saturated carbocycles. The van der Waals surface area contributed by atoms with E-state index in [1.807, 2.05) is 30.7 Å². The molecule has 0 saturated heterocycles. The third-order valence-electron chi connectivity index (χ3n) is 4.39. The van der Waals surface area contributed by atoms with Crippen molar-refractivity contribution >= 4 is 23.4 Å². The molecule has 0 amide bonds. The summed E-state index contributed by atoms with van der Waals surface area (Å²) in [4.78, 5) is 16.3. The molecule has 0 N–H and O–H groups in total. The van der Waals surface area contributed by atoms with Crippen LogP contribution in [0.3, 0.4) is 0 Å². The summed E-state index contributed by atoms with van der Waals surface area (Å²) in [5.74, 6) is -0.183. The molecule has 30 heavy (non-hydrogen) atoms. The first-order chi connectivity index (χ1) is 14.5. The van der Waals surface area contributed by atoms with Crippen LogP contribution in [0.15, 0.2) is 51.7 Å². The molecule has 0 unspecified atom stereocenters. The Balaban J connectivity index is 1.41. The van der Waals surface area contributed by atoms with Gasteiger partial charge in [0.05, 0.1) is 11.4 Å². The van der Waals surface area contributed by atoms with E-state index in [0.717, 1.165) is 28.2 Å². The lowest BCUT2D eigenvalue weighted by Crippen LogP contribution is -2.01. The van der Waals surface area contributed by atoms with Crippen LogP contribution in [-0.4, -0.2) is 25.9 Å². The minimum Gasteiger partial charge on any atom is -0.452 e. The van der Waals surface area contributed by atoms with Gasteiger partial charge in [-0.3, -0.25) is 0 Å². The highest BCUT2D eigenvalue weighted by atomic mass is 32.1. The van der Waals surface area contributed by atoms with E-state index in [9.17, 15) is 9.18 Å². The van der Waals surface area contributed by atoms with Gasteiger partial charge >= 0.3 is 5.97 Å². The first-order valence-corrected chi connectivity index (χ1v) is 9.97. The number of rotatable bonds is 6. The maximum atomic E-state index is 13.2. The van der Waals surface area contributed by atoms with Crippen LogP contribution in [0.5, 0.6) is 0 Å². The molecule has 0 fully saturated rings. The van der Waals surface area contributed by atoms with E-state index in [-0.39, 0.29) is 18.3 Å². The van der Waals surface area contributed by atoms with E-state index < -0.39 is 5.97 Å². The summed E-state index contributed by atoms with van der Waals surface area (Å²) in [5.41, 5.74) is 3.93. The Morgan fingerprint density at radius 3 is 2.80 bits per heavy atom. The summed E-state index contributed by atoms with van der Waals surface area (Å²) in [6, 6.07) is 7.92. The molecule has 0 spiro atoms. The second kappa shape index (κ2) is 8.42. The minimum atomic E-state index is -0.543. The average molecular weight is 424 g/mol. The number of ether oxygens (including phenoxy) is 1. The molecule has 4 aromatic rings. The van der Waals surface area contributed by atoms with Gasteiger partial charge in [0, 0.05) is 28.3 Å². The van der Waals surface area contributed by atoms with Crippen molar-refractivity contribution < 1.29 is 18.4 Å². The first-order valence-electron chi connectivity index (χ1n) is 9.03. The summed E-state index contributed by atoms with van der Waals surface area (Å²) in [6.45, 7) is 3.59. The number of esters is 1. The van der Waals surface area contributed by atoms with Crippen LogP contribution >= 0.6 is 11.3 Å². The summed E-state index contributed by atoms with van der Waals surface area (Å²) in [7, 11) is 0. The molecule has 0 aliphatic rings. The van der Waals surface area contributed by atoms with E-state index in [1.165, 1.54) is 29.5 Å². The summed E-state index contributed by atoms with van der Waals surface area (Å²) >= 11 is 1.53. The zero-order valence-corrected chi connectivity index (χ0v) is 17.0. The van der Waals surface area contributed by atoms with E-state index >= 15 is 0 Å². The topological polar surface area (TPSA) is 83.0 Å². The molecular formula is C21H17FN4O3S. The number of benzene rings is 1. The molecule has 0 bridgehead atoms. The summed E-state index contributed by atoms with van der Waals surface area (Å²) < 4.78 is 25.1. The Hall–Kier alpha value is -3.59. The van der Waals surface area contributed by atoms with Crippen molar-refractivity contribution in [2.24, 2.45) is 0 Å². The Bertz CT molecular complexity index is 1190. The van der Waals surface area contributed by atoms with Crippen molar-refractivity contribution in [3.63, 3.8) is 0 Å². The van der Waals surface area contributed by atoms with Crippen molar-refractivity contribution in [3.05, 3.63) is 75.8 Å². The first kappa shape index (κ1) is 19.7. The number of aryl methyl sites for hydroxylation is 1. The normalized spacial score (nSPS) is 11.3. The molecule has 0 radical (unpaired) electrons. The van der Waals surface area contributed by atoms with E-state index in [4.69, 9.17) is 9.26 Å². The zero-order chi connectivity index (χ0) is 21.1. The van der Waals surface area contributed by atoms with Gasteiger partial charge < -0.3 is 9.26 Å². The molecule has 1 aromatic carbocycles. The van der Waals surface area contributed by atoms with Gasteiger partial charge in [0.2, 0.25) is 5.82 Å². The summed E-state index contributed by atoms with van der Waals surface area (Å²) in [5, 5.41) is 12.2. The fourth-order valence-corrected chi connectivity index (χ4v) is 3.52. The highest BCUT2D eigenvalue weighted by Crippen LogP contribution is 2.20. The van der Waals surface area contributed by atoms with Crippen LogP contribution < -0.4 is 0 Å². The quantitative estimate of drug-likeness (QED) is 0.335. The zero-order valence-electron chi connectivity index (χ0n) is 16.2. The van der Waals surface area contributed by atoms with Gasteiger partial charge in [-0.15, -0.1) is 0 Å². The highest BCUT2D eigenvalue weighted by Gasteiger charge is 2.13. The lowest BCUT2D eigenvalue weighted by molar-refractivity contribution is -0.139. The van der Waals surface area contributed by atoms with Crippen LogP contribution in [-0.2, 0) is 16.1 Å². The van der Waals surface area contributed by atoms with Gasteiger partial charge in [0.25, 0.3) is 5.89 Å². The van der Waals surface area contributed by atoms with Crippen LogP contribution in [0, 0.1) is 19.7 Å². The molecule has 0 aliphatic carbocycles. The smallest absolute Gasteiger partial charge is 0.331 e. The molecule has 0 atom stereocenters. The predicted molar refractivity (Wildman–Crippen MR) is 109 cm³/mol. The molecule has 9 heteroatoms. The van der Waals surface area contributed by atoms with Gasteiger partial charge in [-0.2, -0.15) is 21.4 Å². The predicted octanol–water partition coefficient (Wildman–Crippen LogP) is 4.50. The lowest BCUT2D eigenvalue weighted by Gasteiger charge is -2.04. The van der Waals surface area contributed by atoms with Crippen LogP contribution in [0.2, 0.25) is 0 Å². The van der Waals surface area contributed by atoms with E-state index in [0.29, 0.717) is 5.82 Å². The van der Waals surface area contributed by atoms with Crippen molar-refractivity contribution in [3.8, 4) is 17.1 Å². The van der Waals surface area contributed by atoms with Crippen molar-refractivity contribution in [2.75, 3.05) is 0 Å². The number of hydrogen-bond donors (Lipinski definition) is 0. The average Bonchev–Trinajstić information content (AvgIpc) is 3.47. The number of halogens is 1. The second-order valence-electron chi connectivity index (χ2n) is 6.44. The molecule has 3 aromatic heterocycles. The van der Waals surface area contributed by atoms with Crippen molar-refractivity contribution in [1.82, 2.24) is 19.9 Å². The van der Waals surface area contributed by atoms with Crippen molar-refractivity contribution in [2.45, 2.75) is 20.5 Å². The highest BCUT2D eigenvalue weighted by molar-refractivity contribution is 7.08. The Labute approximate surface area is 175 Å². The number of carbonyl (C=O) groups excluding carboxylic acids is 1. The third-order valence-corrected chi connectivity index (χ3v) is 5.07. The molecule has 4 rings (SSSR count). The Morgan fingerprint density at radius 1 is 1.27 bits per heavy atom. The molecule has 0 aliphatic heterocycles. The van der Waals surface area contributed by atoms with Gasteiger partial charge in [0.15, 0.2) is 6.61 Å². The van der Waals surface area contributed by atoms with Crippen LogP contribution in [0.1, 0.15) is 22.8 Å². The number of hydrogen-bond acceptors (Lipinski definition) is 7. The Morgan fingerprint density at radius 2 is 2.07 bits per heavy atom. The standard InChI is InChI=1S/C21H17FN4O3S/c1-13-18(14(2)26(24-13)17-5-3-16(22)4-6-17)7-8-20(27)28-11-19-23-21(25-29-19)15-9-10-30-12-15/h3-10,12H,11H2,1-2H3/b8-7+. The summed E-state index contributed by atoms with van der Waals surface area (Å²) in [6.07, 6.45) is 2.97.